The number of sulfonamides is 1. The molecular formula is C15H16BrN3O5S. The van der Waals surface area contributed by atoms with Crippen molar-refractivity contribution in [3.05, 3.63) is 39.2 Å². The van der Waals surface area contributed by atoms with Gasteiger partial charge in [-0.2, -0.15) is 4.31 Å². The van der Waals surface area contributed by atoms with Crippen molar-refractivity contribution in [1.82, 2.24) is 13.4 Å². The highest BCUT2D eigenvalue weighted by Crippen LogP contribution is 2.30. The van der Waals surface area contributed by atoms with Crippen LogP contribution in [0.4, 0.5) is 0 Å². The number of fused-ring (bicyclic) bond motifs is 1. The predicted molar refractivity (Wildman–Crippen MR) is 94.9 cm³/mol. The first-order valence-corrected chi connectivity index (χ1v) is 9.62. The van der Waals surface area contributed by atoms with Crippen molar-refractivity contribution in [3.63, 3.8) is 0 Å². The lowest BCUT2D eigenvalue weighted by molar-refractivity contribution is -0.140. The number of carboxylic acid groups (broad SMARTS) is 1. The number of imidazole rings is 1. The zero-order valence-corrected chi connectivity index (χ0v) is 15.9. The van der Waals surface area contributed by atoms with Gasteiger partial charge in [-0.25, -0.2) is 13.2 Å². The molecule has 1 atom stereocenters. The number of aryl methyl sites for hydroxylation is 2. The maximum absolute atomic E-state index is 13.0. The Morgan fingerprint density at radius 2 is 1.84 bits per heavy atom. The number of rotatable bonds is 3. The van der Waals surface area contributed by atoms with E-state index in [1.807, 2.05) is 0 Å². The van der Waals surface area contributed by atoms with E-state index in [0.717, 1.165) is 4.31 Å². The molecule has 2 heterocycles. The third-order valence-electron chi connectivity index (χ3n) is 4.34. The zero-order chi connectivity index (χ0) is 18.5. The summed E-state index contributed by atoms with van der Waals surface area (Å²) in [6.07, 6.45) is 3.03. The van der Waals surface area contributed by atoms with E-state index in [1.54, 1.807) is 20.2 Å². The van der Waals surface area contributed by atoms with Crippen LogP contribution < -0.4 is 5.69 Å². The molecule has 134 valence electrons. The summed E-state index contributed by atoms with van der Waals surface area (Å²) < 4.78 is 30.2. The zero-order valence-electron chi connectivity index (χ0n) is 13.5. The number of carboxylic acids is 1. The molecule has 1 aliphatic heterocycles. The van der Waals surface area contributed by atoms with Crippen LogP contribution in [-0.2, 0) is 28.9 Å². The molecule has 1 aliphatic rings. The summed E-state index contributed by atoms with van der Waals surface area (Å²) in [7, 11) is -0.746. The molecule has 0 amide bonds. The van der Waals surface area contributed by atoms with Crippen molar-refractivity contribution in [2.24, 2.45) is 20.0 Å². The normalized spacial score (nSPS) is 18.8. The van der Waals surface area contributed by atoms with Gasteiger partial charge in [0.05, 0.1) is 21.8 Å². The minimum atomic E-state index is -3.92. The standard InChI is InChI=1S/C15H16BrN3O5S/c1-17-11-6-10(16)13(7-12(11)18(2)15(17)22)25(23,24)19-5-3-4-9(8-19)14(20)21/h3-4,6-7,9H,5,8H2,1-2H3,(H,20,21). The Balaban J connectivity index is 2.13. The van der Waals surface area contributed by atoms with Crippen molar-refractivity contribution in [2.45, 2.75) is 4.90 Å². The molecule has 3 rings (SSSR count). The van der Waals surface area contributed by atoms with Crippen LogP contribution in [0.5, 0.6) is 0 Å². The molecule has 1 aromatic heterocycles. The molecule has 0 bridgehead atoms. The van der Waals surface area contributed by atoms with Gasteiger partial charge in [-0.1, -0.05) is 12.2 Å². The van der Waals surface area contributed by atoms with Crippen molar-refractivity contribution in [3.8, 4) is 0 Å². The van der Waals surface area contributed by atoms with Crippen LogP contribution in [0, 0.1) is 5.92 Å². The van der Waals surface area contributed by atoms with Gasteiger partial charge in [0.1, 0.15) is 0 Å². The Kier molecular flexibility index (Phi) is 4.38. The second-order valence-electron chi connectivity index (χ2n) is 5.87. The fourth-order valence-electron chi connectivity index (χ4n) is 2.89. The number of hydrogen-bond acceptors (Lipinski definition) is 4. The summed E-state index contributed by atoms with van der Waals surface area (Å²) in [5.74, 6) is -1.96. The first-order chi connectivity index (χ1) is 11.6. The molecule has 0 fully saturated rings. The lowest BCUT2D eigenvalue weighted by Gasteiger charge is -2.26. The van der Waals surface area contributed by atoms with E-state index in [1.165, 1.54) is 27.4 Å². The van der Waals surface area contributed by atoms with Gasteiger partial charge in [0.2, 0.25) is 10.0 Å². The van der Waals surface area contributed by atoms with E-state index in [4.69, 9.17) is 5.11 Å². The molecule has 0 radical (unpaired) electrons. The van der Waals surface area contributed by atoms with Crippen LogP contribution >= 0.6 is 15.9 Å². The third kappa shape index (κ3) is 2.83. The Labute approximate surface area is 152 Å². The molecule has 1 aromatic carbocycles. The van der Waals surface area contributed by atoms with Crippen LogP contribution in [-0.4, -0.2) is 46.0 Å². The molecule has 10 heteroatoms. The molecule has 2 aromatic rings. The van der Waals surface area contributed by atoms with Crippen LogP contribution in [0.15, 0.2) is 38.4 Å². The molecule has 8 nitrogen and oxygen atoms in total. The highest BCUT2D eigenvalue weighted by molar-refractivity contribution is 9.10. The molecule has 1 unspecified atom stereocenters. The second kappa shape index (κ2) is 6.11. The molecule has 25 heavy (non-hydrogen) atoms. The quantitative estimate of drug-likeness (QED) is 0.730. The second-order valence-corrected chi connectivity index (χ2v) is 8.63. The Hall–Kier alpha value is -1.91. The van der Waals surface area contributed by atoms with Crippen molar-refractivity contribution >= 4 is 43.0 Å². The molecule has 0 spiro atoms. The number of nitrogens with zero attached hydrogens (tertiary/aromatic N) is 3. The summed E-state index contributed by atoms with van der Waals surface area (Å²) in [6, 6.07) is 3.02. The summed E-state index contributed by atoms with van der Waals surface area (Å²) in [5.41, 5.74) is 0.820. The monoisotopic (exact) mass is 429 g/mol. The van der Waals surface area contributed by atoms with Crippen molar-refractivity contribution in [1.29, 1.82) is 0 Å². The maximum atomic E-state index is 13.0. The summed E-state index contributed by atoms with van der Waals surface area (Å²) in [4.78, 5) is 23.2. The van der Waals surface area contributed by atoms with Gasteiger partial charge >= 0.3 is 11.7 Å². The van der Waals surface area contributed by atoms with Crippen molar-refractivity contribution < 1.29 is 18.3 Å². The van der Waals surface area contributed by atoms with Crippen LogP contribution in [0.1, 0.15) is 0 Å². The molecular weight excluding hydrogens is 414 g/mol. The van der Waals surface area contributed by atoms with Gasteiger partial charge in [0.15, 0.2) is 0 Å². The highest BCUT2D eigenvalue weighted by Gasteiger charge is 2.32. The number of halogens is 1. The fourth-order valence-corrected chi connectivity index (χ4v) is 5.32. The van der Waals surface area contributed by atoms with Gasteiger partial charge in [-0.05, 0) is 28.1 Å². The Morgan fingerprint density at radius 3 is 2.44 bits per heavy atom. The topological polar surface area (TPSA) is 102 Å². The summed E-state index contributed by atoms with van der Waals surface area (Å²) in [6.45, 7) is -0.0311. The molecule has 0 saturated carbocycles. The molecule has 1 N–H and O–H groups in total. The van der Waals surface area contributed by atoms with Gasteiger partial charge in [0.25, 0.3) is 0 Å². The van der Waals surface area contributed by atoms with E-state index in [2.05, 4.69) is 15.9 Å². The fraction of sp³-hybridized carbons (Fsp3) is 0.333. The van der Waals surface area contributed by atoms with Gasteiger partial charge < -0.3 is 5.11 Å². The van der Waals surface area contributed by atoms with Gasteiger partial charge in [-0.3, -0.25) is 13.9 Å². The highest BCUT2D eigenvalue weighted by atomic mass is 79.9. The van der Waals surface area contributed by atoms with E-state index in [-0.39, 0.29) is 23.7 Å². The lowest BCUT2D eigenvalue weighted by Crippen LogP contribution is -2.40. The number of hydrogen-bond donors (Lipinski definition) is 1. The van der Waals surface area contributed by atoms with Crippen LogP contribution in [0.25, 0.3) is 11.0 Å². The predicted octanol–water partition coefficient (Wildman–Crippen LogP) is 0.901. The van der Waals surface area contributed by atoms with E-state index in [9.17, 15) is 18.0 Å². The number of carbonyl (C=O) groups is 1. The number of aromatic nitrogens is 2. The van der Waals surface area contributed by atoms with Crippen LogP contribution in [0.3, 0.4) is 0 Å². The first kappa shape index (κ1) is 17.9. The van der Waals surface area contributed by atoms with E-state index in [0.29, 0.717) is 15.5 Å². The largest absolute Gasteiger partial charge is 0.481 e. The Morgan fingerprint density at radius 1 is 1.24 bits per heavy atom. The van der Waals surface area contributed by atoms with Crippen LogP contribution in [0.2, 0.25) is 0 Å². The Bertz CT molecular complexity index is 1070. The van der Waals surface area contributed by atoms with E-state index < -0.39 is 21.9 Å². The minimum absolute atomic E-state index is 0.000591. The maximum Gasteiger partial charge on any atom is 0.328 e. The average molecular weight is 430 g/mol. The minimum Gasteiger partial charge on any atom is -0.481 e. The number of aliphatic carboxylic acids is 1. The van der Waals surface area contributed by atoms with E-state index >= 15 is 0 Å². The van der Waals surface area contributed by atoms with Gasteiger partial charge in [0, 0.05) is 31.7 Å². The molecule has 0 aliphatic carbocycles. The summed E-state index contributed by atoms with van der Waals surface area (Å²) in [5, 5.41) is 9.14. The SMILES string of the molecule is Cn1c(=O)n(C)c2cc(S(=O)(=O)N3CC=CC(C(=O)O)C3)c(Br)cc21. The van der Waals surface area contributed by atoms with Crippen molar-refractivity contribution in [2.75, 3.05) is 13.1 Å². The lowest BCUT2D eigenvalue weighted by atomic mass is 10.1. The smallest absolute Gasteiger partial charge is 0.328 e. The van der Waals surface area contributed by atoms with Gasteiger partial charge in [-0.15, -0.1) is 0 Å². The first-order valence-electron chi connectivity index (χ1n) is 7.39. The summed E-state index contributed by atoms with van der Waals surface area (Å²) >= 11 is 3.27. The average Bonchev–Trinajstić information content (AvgIpc) is 2.78. The molecule has 0 saturated heterocycles. The number of benzene rings is 1. The third-order valence-corrected chi connectivity index (χ3v) is 7.13.